The highest BCUT2D eigenvalue weighted by atomic mass is 35.5. The van der Waals surface area contributed by atoms with Crippen LogP contribution in [-0.4, -0.2) is 5.71 Å². The number of allylic oxidation sites excluding steroid dienone is 1. The lowest BCUT2D eigenvalue weighted by Gasteiger charge is -2.00. The fourth-order valence-electron chi connectivity index (χ4n) is 0.856. The quantitative estimate of drug-likeness (QED) is 0.732. The van der Waals surface area contributed by atoms with Crippen molar-refractivity contribution in [3.8, 4) is 0 Å². The number of hydrogen-bond donors (Lipinski definition) is 2. The topological polar surface area (TPSA) is 49.9 Å². The fourth-order valence-corrected chi connectivity index (χ4v) is 1.15. The summed E-state index contributed by atoms with van der Waals surface area (Å²) in [5.41, 5.74) is 6.15. The Balaban J connectivity index is 3.04. The van der Waals surface area contributed by atoms with Crippen LogP contribution in [0.1, 0.15) is 5.56 Å². The van der Waals surface area contributed by atoms with Gasteiger partial charge in [-0.2, -0.15) is 0 Å². The second-order valence-electron chi connectivity index (χ2n) is 2.40. The second kappa shape index (κ2) is 4.30. The van der Waals surface area contributed by atoms with Crippen molar-refractivity contribution in [2.24, 2.45) is 5.73 Å². The molecule has 0 aliphatic rings. The molecule has 0 spiro atoms. The minimum absolute atomic E-state index is 0.307. The predicted octanol–water partition coefficient (Wildman–Crippen LogP) is 2.83. The van der Waals surface area contributed by atoms with E-state index in [-0.39, 0.29) is 0 Å². The van der Waals surface area contributed by atoms with Crippen LogP contribution in [0.3, 0.4) is 0 Å². The Bertz CT molecular complexity index is 359. The van der Waals surface area contributed by atoms with Crippen molar-refractivity contribution in [1.82, 2.24) is 0 Å². The number of nitrogens with one attached hydrogen (secondary N) is 1. The standard InChI is InChI=1S/C9H8Cl2N2/c10-7-2-1-6(5-8(7)11)9(13)3-4-12/h1-5,13H,12H2/b4-3-,13-9?. The molecule has 0 aliphatic carbocycles. The lowest BCUT2D eigenvalue weighted by Crippen LogP contribution is -1.95. The van der Waals surface area contributed by atoms with E-state index in [9.17, 15) is 0 Å². The molecule has 3 N–H and O–H groups in total. The number of rotatable bonds is 2. The van der Waals surface area contributed by atoms with Gasteiger partial charge in [0.15, 0.2) is 0 Å². The maximum absolute atomic E-state index is 7.53. The molecule has 0 aliphatic heterocycles. The van der Waals surface area contributed by atoms with Crippen LogP contribution < -0.4 is 5.73 Å². The largest absolute Gasteiger partial charge is 0.405 e. The molecule has 0 heterocycles. The molecule has 0 aromatic heterocycles. The third-order valence-corrected chi connectivity index (χ3v) is 2.23. The van der Waals surface area contributed by atoms with Crippen LogP contribution in [0.4, 0.5) is 0 Å². The van der Waals surface area contributed by atoms with Crippen LogP contribution in [0.25, 0.3) is 0 Å². The van der Waals surface area contributed by atoms with E-state index in [0.717, 1.165) is 0 Å². The highest BCUT2D eigenvalue weighted by Crippen LogP contribution is 2.22. The van der Waals surface area contributed by atoms with Crippen molar-refractivity contribution in [2.45, 2.75) is 0 Å². The first-order valence-electron chi connectivity index (χ1n) is 3.57. The second-order valence-corrected chi connectivity index (χ2v) is 3.22. The summed E-state index contributed by atoms with van der Waals surface area (Å²) >= 11 is 11.5. The van der Waals surface area contributed by atoms with Gasteiger partial charge in [-0.1, -0.05) is 29.3 Å². The lowest BCUT2D eigenvalue weighted by molar-refractivity contribution is 1.48. The normalized spacial score (nSPS) is 10.6. The van der Waals surface area contributed by atoms with Gasteiger partial charge in [-0.15, -0.1) is 0 Å². The smallest absolute Gasteiger partial charge is 0.0627 e. The van der Waals surface area contributed by atoms with Crippen molar-refractivity contribution in [3.05, 3.63) is 46.1 Å². The molecule has 0 saturated carbocycles. The van der Waals surface area contributed by atoms with Crippen molar-refractivity contribution >= 4 is 28.9 Å². The molecule has 68 valence electrons. The Hall–Kier alpha value is -0.990. The molecule has 0 bridgehead atoms. The summed E-state index contributed by atoms with van der Waals surface area (Å²) in [6.45, 7) is 0. The molecule has 1 rings (SSSR count). The number of benzene rings is 1. The average molecular weight is 215 g/mol. The van der Waals surface area contributed by atoms with E-state index < -0.39 is 0 Å². The third-order valence-electron chi connectivity index (χ3n) is 1.49. The molecule has 1 aromatic rings. The monoisotopic (exact) mass is 214 g/mol. The van der Waals surface area contributed by atoms with Crippen LogP contribution in [0, 0.1) is 5.41 Å². The Kier molecular flexibility index (Phi) is 3.34. The molecular formula is C9H8Cl2N2. The van der Waals surface area contributed by atoms with E-state index in [2.05, 4.69) is 0 Å². The SMILES string of the molecule is N=C(/C=C\N)c1ccc(Cl)c(Cl)c1. The molecule has 0 unspecified atom stereocenters. The summed E-state index contributed by atoms with van der Waals surface area (Å²) in [6.07, 6.45) is 2.80. The van der Waals surface area contributed by atoms with Gasteiger partial charge in [-0.05, 0) is 24.4 Å². The molecule has 4 heteroatoms. The van der Waals surface area contributed by atoms with Gasteiger partial charge < -0.3 is 11.1 Å². The number of hydrogen-bond acceptors (Lipinski definition) is 2. The Labute approximate surface area is 86.5 Å². The van der Waals surface area contributed by atoms with E-state index in [4.69, 9.17) is 34.3 Å². The lowest BCUT2D eigenvalue weighted by atomic mass is 10.1. The molecule has 0 radical (unpaired) electrons. The van der Waals surface area contributed by atoms with Crippen molar-refractivity contribution < 1.29 is 0 Å². The first-order chi connectivity index (χ1) is 6.15. The van der Waals surface area contributed by atoms with E-state index in [1.807, 2.05) is 0 Å². The van der Waals surface area contributed by atoms with Gasteiger partial charge >= 0.3 is 0 Å². The first-order valence-corrected chi connectivity index (χ1v) is 4.33. The van der Waals surface area contributed by atoms with Crippen LogP contribution >= 0.6 is 23.2 Å². The summed E-state index contributed by atoms with van der Waals surface area (Å²) in [4.78, 5) is 0. The maximum Gasteiger partial charge on any atom is 0.0627 e. The van der Waals surface area contributed by atoms with Gasteiger partial charge in [0.2, 0.25) is 0 Å². The molecule has 0 atom stereocenters. The molecule has 1 aromatic carbocycles. The highest BCUT2D eigenvalue weighted by Gasteiger charge is 2.01. The van der Waals surface area contributed by atoms with Crippen molar-refractivity contribution in [1.29, 1.82) is 5.41 Å². The van der Waals surface area contributed by atoms with Gasteiger partial charge in [0, 0.05) is 5.56 Å². The van der Waals surface area contributed by atoms with Gasteiger partial charge in [0.05, 0.1) is 15.8 Å². The van der Waals surface area contributed by atoms with Crippen molar-refractivity contribution in [3.63, 3.8) is 0 Å². The fraction of sp³-hybridized carbons (Fsp3) is 0. The van der Waals surface area contributed by atoms with Gasteiger partial charge in [0.25, 0.3) is 0 Å². The maximum atomic E-state index is 7.53. The van der Waals surface area contributed by atoms with E-state index in [1.165, 1.54) is 12.3 Å². The van der Waals surface area contributed by atoms with Crippen LogP contribution in [0.15, 0.2) is 30.5 Å². The first kappa shape index (κ1) is 10.1. The zero-order valence-corrected chi connectivity index (χ0v) is 8.23. The molecule has 0 fully saturated rings. The van der Waals surface area contributed by atoms with Crippen LogP contribution in [0.2, 0.25) is 10.0 Å². The third kappa shape index (κ3) is 2.47. The molecular weight excluding hydrogens is 207 g/mol. The highest BCUT2D eigenvalue weighted by molar-refractivity contribution is 6.42. The molecule has 0 amide bonds. The molecule has 0 saturated heterocycles. The Morgan fingerprint density at radius 3 is 2.54 bits per heavy atom. The number of halogens is 2. The van der Waals surface area contributed by atoms with Crippen LogP contribution in [-0.2, 0) is 0 Å². The molecule has 2 nitrogen and oxygen atoms in total. The minimum Gasteiger partial charge on any atom is -0.405 e. The summed E-state index contributed by atoms with van der Waals surface area (Å²) < 4.78 is 0. The zero-order valence-electron chi connectivity index (χ0n) is 6.72. The van der Waals surface area contributed by atoms with E-state index in [0.29, 0.717) is 21.3 Å². The van der Waals surface area contributed by atoms with Crippen LogP contribution in [0.5, 0.6) is 0 Å². The van der Waals surface area contributed by atoms with Gasteiger partial charge in [-0.3, -0.25) is 0 Å². The summed E-state index contributed by atoms with van der Waals surface area (Å²) in [5.74, 6) is 0. The van der Waals surface area contributed by atoms with Gasteiger partial charge in [-0.25, -0.2) is 0 Å². The minimum atomic E-state index is 0.307. The van der Waals surface area contributed by atoms with Gasteiger partial charge in [0.1, 0.15) is 0 Å². The molecule has 13 heavy (non-hydrogen) atoms. The summed E-state index contributed by atoms with van der Waals surface area (Å²) in [5, 5.41) is 8.45. The Morgan fingerprint density at radius 2 is 2.00 bits per heavy atom. The van der Waals surface area contributed by atoms with E-state index >= 15 is 0 Å². The zero-order chi connectivity index (χ0) is 9.84. The Morgan fingerprint density at radius 1 is 1.31 bits per heavy atom. The average Bonchev–Trinajstić information content (AvgIpc) is 2.10. The summed E-state index contributed by atoms with van der Waals surface area (Å²) in [7, 11) is 0. The number of nitrogens with two attached hydrogens (primary N) is 1. The van der Waals surface area contributed by atoms with Crippen molar-refractivity contribution in [2.75, 3.05) is 0 Å². The summed E-state index contributed by atoms with van der Waals surface area (Å²) in [6, 6.07) is 5.00. The van der Waals surface area contributed by atoms with E-state index in [1.54, 1.807) is 18.2 Å². The predicted molar refractivity (Wildman–Crippen MR) is 56.6 cm³/mol.